The Hall–Kier alpha value is -1.79. The zero-order valence-corrected chi connectivity index (χ0v) is 12.3. The molecule has 0 spiro atoms. The molecule has 1 aliphatic heterocycles. The zero-order valence-electron chi connectivity index (χ0n) is 11.5. The molecule has 1 heterocycles. The zero-order chi connectivity index (χ0) is 15.2. The van der Waals surface area contributed by atoms with Crippen LogP contribution in [0.15, 0.2) is 24.3 Å². The molecule has 1 saturated heterocycles. The Kier molecular flexibility index (Phi) is 5.41. The number of hydrogen-bond acceptors (Lipinski definition) is 4. The van der Waals surface area contributed by atoms with Gasteiger partial charge in [0.05, 0.1) is 6.54 Å². The van der Waals surface area contributed by atoms with Crippen LogP contribution in [0.1, 0.15) is 0 Å². The molecule has 21 heavy (non-hydrogen) atoms. The number of carbonyl (C=O) groups excluding carboxylic acids is 1. The first-order valence-corrected chi connectivity index (χ1v) is 7.02. The minimum atomic E-state index is -0.848. The number of aliphatic carboxylic acids is 1. The number of halogens is 1. The lowest BCUT2D eigenvalue weighted by molar-refractivity contribution is -0.139. The molecular weight excluding hydrogens is 296 g/mol. The van der Waals surface area contributed by atoms with Gasteiger partial charge in [0, 0.05) is 31.2 Å². The molecule has 1 aromatic carbocycles. The first-order chi connectivity index (χ1) is 10.0. The lowest BCUT2D eigenvalue weighted by Crippen LogP contribution is -2.51. The van der Waals surface area contributed by atoms with Crippen LogP contribution in [0.4, 0.5) is 0 Å². The summed E-state index contributed by atoms with van der Waals surface area (Å²) in [6.07, 6.45) is 0. The van der Waals surface area contributed by atoms with Crippen molar-refractivity contribution in [2.75, 3.05) is 39.3 Å². The van der Waals surface area contributed by atoms with E-state index in [0.29, 0.717) is 37.0 Å². The highest BCUT2D eigenvalue weighted by Gasteiger charge is 2.22. The van der Waals surface area contributed by atoms with E-state index in [0.717, 1.165) is 0 Å². The Bertz CT molecular complexity index is 515. The number of carboxylic acid groups (broad SMARTS) is 1. The summed E-state index contributed by atoms with van der Waals surface area (Å²) in [7, 11) is 0. The number of carbonyl (C=O) groups is 2. The molecule has 0 aromatic heterocycles. The summed E-state index contributed by atoms with van der Waals surface area (Å²) in [5.41, 5.74) is 0. The van der Waals surface area contributed by atoms with Gasteiger partial charge in [-0.1, -0.05) is 17.7 Å². The van der Waals surface area contributed by atoms with Gasteiger partial charge in [-0.25, -0.2) is 0 Å². The summed E-state index contributed by atoms with van der Waals surface area (Å²) in [6, 6.07) is 6.88. The molecule has 1 aromatic rings. The van der Waals surface area contributed by atoms with Gasteiger partial charge in [0.25, 0.3) is 5.91 Å². The average Bonchev–Trinajstić information content (AvgIpc) is 2.45. The number of ether oxygens (including phenoxy) is 1. The molecule has 1 fully saturated rings. The van der Waals surface area contributed by atoms with Gasteiger partial charge in [0.15, 0.2) is 6.61 Å². The number of benzene rings is 1. The second-order valence-corrected chi connectivity index (χ2v) is 5.23. The molecule has 2 rings (SSSR count). The van der Waals surface area contributed by atoms with Crippen LogP contribution in [0.2, 0.25) is 5.02 Å². The van der Waals surface area contributed by atoms with Crippen molar-refractivity contribution in [3.8, 4) is 5.75 Å². The van der Waals surface area contributed by atoms with Crippen molar-refractivity contribution in [2.45, 2.75) is 0 Å². The summed E-state index contributed by atoms with van der Waals surface area (Å²) in [5.74, 6) is -0.399. The lowest BCUT2D eigenvalue weighted by Gasteiger charge is -2.33. The standard InChI is InChI=1S/C14H17ClN2O4/c15-11-2-1-3-12(8-11)21-10-13(18)17-6-4-16(5-7-17)9-14(19)20/h1-3,8H,4-7,9-10H2,(H,19,20). The fourth-order valence-electron chi connectivity index (χ4n) is 2.14. The van der Waals surface area contributed by atoms with Crippen LogP contribution in [0.25, 0.3) is 0 Å². The van der Waals surface area contributed by atoms with E-state index >= 15 is 0 Å². The van der Waals surface area contributed by atoms with E-state index in [1.54, 1.807) is 29.2 Å². The molecule has 6 nitrogen and oxygen atoms in total. The van der Waals surface area contributed by atoms with Gasteiger partial charge in [-0.2, -0.15) is 0 Å². The van der Waals surface area contributed by atoms with Gasteiger partial charge < -0.3 is 14.7 Å². The van der Waals surface area contributed by atoms with Crippen molar-refractivity contribution in [3.05, 3.63) is 29.3 Å². The third-order valence-electron chi connectivity index (χ3n) is 3.24. The Balaban J connectivity index is 1.76. The first-order valence-electron chi connectivity index (χ1n) is 6.65. The highest BCUT2D eigenvalue weighted by atomic mass is 35.5. The normalized spacial score (nSPS) is 15.8. The predicted octanol–water partition coefficient (Wildman–Crippen LogP) is 0.948. The number of piperazine rings is 1. The molecule has 0 radical (unpaired) electrons. The van der Waals surface area contributed by atoms with Crippen molar-refractivity contribution >= 4 is 23.5 Å². The number of carboxylic acids is 1. The van der Waals surface area contributed by atoms with Gasteiger partial charge in [-0.15, -0.1) is 0 Å². The van der Waals surface area contributed by atoms with Crippen LogP contribution in [0, 0.1) is 0 Å². The van der Waals surface area contributed by atoms with Crippen LogP contribution in [-0.4, -0.2) is 66.1 Å². The predicted molar refractivity (Wildman–Crippen MR) is 77.6 cm³/mol. The maximum Gasteiger partial charge on any atom is 0.317 e. The van der Waals surface area contributed by atoms with Gasteiger partial charge in [0.2, 0.25) is 0 Å². The molecular formula is C14H17ClN2O4. The Morgan fingerprint density at radius 3 is 2.57 bits per heavy atom. The molecule has 0 atom stereocenters. The Morgan fingerprint density at radius 2 is 1.95 bits per heavy atom. The number of amides is 1. The van der Waals surface area contributed by atoms with Crippen molar-refractivity contribution in [1.29, 1.82) is 0 Å². The van der Waals surface area contributed by atoms with E-state index in [9.17, 15) is 9.59 Å². The lowest BCUT2D eigenvalue weighted by atomic mass is 10.3. The number of hydrogen-bond donors (Lipinski definition) is 1. The van der Waals surface area contributed by atoms with Gasteiger partial charge in [0.1, 0.15) is 5.75 Å². The monoisotopic (exact) mass is 312 g/mol. The fraction of sp³-hybridized carbons (Fsp3) is 0.429. The van der Waals surface area contributed by atoms with Crippen molar-refractivity contribution in [2.24, 2.45) is 0 Å². The molecule has 1 amide bonds. The maximum absolute atomic E-state index is 12.0. The van der Waals surface area contributed by atoms with Crippen LogP contribution < -0.4 is 4.74 Å². The average molecular weight is 313 g/mol. The Labute approximate surface area is 127 Å². The third-order valence-corrected chi connectivity index (χ3v) is 3.48. The third kappa shape index (κ3) is 4.91. The summed E-state index contributed by atoms with van der Waals surface area (Å²) >= 11 is 5.84. The number of rotatable bonds is 5. The fourth-order valence-corrected chi connectivity index (χ4v) is 2.32. The maximum atomic E-state index is 12.0. The van der Waals surface area contributed by atoms with Crippen molar-refractivity contribution in [3.63, 3.8) is 0 Å². The summed E-state index contributed by atoms with van der Waals surface area (Å²) < 4.78 is 5.41. The van der Waals surface area contributed by atoms with Crippen molar-refractivity contribution < 1.29 is 19.4 Å². The van der Waals surface area contributed by atoms with E-state index in [1.807, 2.05) is 4.90 Å². The highest BCUT2D eigenvalue weighted by Crippen LogP contribution is 2.17. The summed E-state index contributed by atoms with van der Waals surface area (Å²) in [6.45, 7) is 2.14. The summed E-state index contributed by atoms with van der Waals surface area (Å²) in [5, 5.41) is 9.28. The van der Waals surface area contributed by atoms with E-state index in [4.69, 9.17) is 21.4 Å². The second kappa shape index (κ2) is 7.28. The Morgan fingerprint density at radius 1 is 1.24 bits per heavy atom. The molecule has 1 N–H and O–H groups in total. The van der Waals surface area contributed by atoms with E-state index in [2.05, 4.69) is 0 Å². The molecule has 7 heteroatoms. The SMILES string of the molecule is O=C(O)CN1CCN(C(=O)COc2cccc(Cl)c2)CC1. The van der Waals surface area contributed by atoms with Gasteiger partial charge in [-0.05, 0) is 18.2 Å². The minimum Gasteiger partial charge on any atom is -0.484 e. The number of nitrogens with zero attached hydrogens (tertiary/aromatic N) is 2. The van der Waals surface area contributed by atoms with Crippen LogP contribution in [0.3, 0.4) is 0 Å². The molecule has 114 valence electrons. The molecule has 0 bridgehead atoms. The van der Waals surface area contributed by atoms with Crippen LogP contribution in [-0.2, 0) is 9.59 Å². The van der Waals surface area contributed by atoms with Crippen LogP contribution in [0.5, 0.6) is 5.75 Å². The van der Waals surface area contributed by atoms with E-state index in [-0.39, 0.29) is 19.1 Å². The second-order valence-electron chi connectivity index (χ2n) is 4.80. The van der Waals surface area contributed by atoms with E-state index in [1.165, 1.54) is 0 Å². The molecule has 0 aliphatic carbocycles. The quantitative estimate of drug-likeness (QED) is 0.876. The molecule has 0 saturated carbocycles. The van der Waals surface area contributed by atoms with Crippen LogP contribution >= 0.6 is 11.6 Å². The highest BCUT2D eigenvalue weighted by molar-refractivity contribution is 6.30. The molecule has 1 aliphatic rings. The van der Waals surface area contributed by atoms with Gasteiger partial charge in [-0.3, -0.25) is 14.5 Å². The summed E-state index contributed by atoms with van der Waals surface area (Å²) in [4.78, 5) is 26.1. The smallest absolute Gasteiger partial charge is 0.317 e. The minimum absolute atomic E-state index is 0.0149. The largest absolute Gasteiger partial charge is 0.484 e. The van der Waals surface area contributed by atoms with Gasteiger partial charge >= 0.3 is 5.97 Å². The first kappa shape index (κ1) is 15.6. The van der Waals surface area contributed by atoms with Crippen molar-refractivity contribution in [1.82, 2.24) is 9.80 Å². The molecule has 0 unspecified atom stereocenters. The van der Waals surface area contributed by atoms with E-state index < -0.39 is 5.97 Å². The topological polar surface area (TPSA) is 70.1 Å².